The molecule has 21 heavy (non-hydrogen) atoms. The lowest BCUT2D eigenvalue weighted by molar-refractivity contribution is 0.576. The molecule has 0 unspecified atom stereocenters. The number of nitrogens with one attached hydrogen (secondary N) is 1. The summed E-state index contributed by atoms with van der Waals surface area (Å²) in [5.74, 6) is 0. The SMILES string of the molecule is Cn1cnc(S(=O)(=O)NCc2nn(C)c3c2CCCC3)c1. The van der Waals surface area contributed by atoms with Crippen molar-refractivity contribution in [1.29, 1.82) is 0 Å². The van der Waals surface area contributed by atoms with Gasteiger partial charge in [0.05, 0.1) is 18.6 Å². The summed E-state index contributed by atoms with van der Waals surface area (Å²) in [4.78, 5) is 3.88. The minimum absolute atomic E-state index is 0.0369. The number of nitrogens with zero attached hydrogens (tertiary/aromatic N) is 4. The number of aryl methyl sites for hydroxylation is 2. The van der Waals surface area contributed by atoms with Gasteiger partial charge >= 0.3 is 0 Å². The Hall–Kier alpha value is -1.67. The quantitative estimate of drug-likeness (QED) is 0.892. The average Bonchev–Trinajstić information content (AvgIpc) is 3.02. The van der Waals surface area contributed by atoms with Gasteiger partial charge < -0.3 is 4.57 Å². The van der Waals surface area contributed by atoms with Crippen LogP contribution in [0, 0.1) is 0 Å². The van der Waals surface area contributed by atoms with Gasteiger partial charge in [0.1, 0.15) is 0 Å². The van der Waals surface area contributed by atoms with E-state index in [9.17, 15) is 8.42 Å². The summed E-state index contributed by atoms with van der Waals surface area (Å²) in [6.45, 7) is 0.210. The van der Waals surface area contributed by atoms with Crippen molar-refractivity contribution in [2.45, 2.75) is 37.3 Å². The van der Waals surface area contributed by atoms with Crippen LogP contribution in [-0.4, -0.2) is 27.7 Å². The van der Waals surface area contributed by atoms with E-state index in [1.54, 1.807) is 11.6 Å². The topological polar surface area (TPSA) is 81.8 Å². The molecule has 0 atom stereocenters. The minimum atomic E-state index is -3.59. The molecule has 0 saturated carbocycles. The second-order valence-electron chi connectivity index (χ2n) is 5.40. The van der Waals surface area contributed by atoms with Crippen LogP contribution in [0.15, 0.2) is 17.6 Å². The fourth-order valence-corrected chi connectivity index (χ4v) is 3.73. The fourth-order valence-electron chi connectivity index (χ4n) is 2.77. The number of aromatic nitrogens is 4. The zero-order chi connectivity index (χ0) is 15.0. The second-order valence-corrected chi connectivity index (χ2v) is 7.12. The molecule has 1 N–H and O–H groups in total. The van der Waals surface area contributed by atoms with Crippen molar-refractivity contribution in [3.05, 3.63) is 29.5 Å². The summed E-state index contributed by atoms with van der Waals surface area (Å²) in [5, 5.41) is 4.50. The second kappa shape index (κ2) is 5.27. The molecule has 0 saturated heterocycles. The Bertz CT molecular complexity index is 760. The number of hydrogen-bond donors (Lipinski definition) is 1. The lowest BCUT2D eigenvalue weighted by atomic mass is 9.96. The maximum absolute atomic E-state index is 12.2. The molecular formula is C13H19N5O2S. The molecule has 0 amide bonds. The summed E-state index contributed by atoms with van der Waals surface area (Å²) in [6, 6.07) is 0. The van der Waals surface area contributed by atoms with Crippen molar-refractivity contribution in [1.82, 2.24) is 24.1 Å². The molecule has 2 aromatic rings. The van der Waals surface area contributed by atoms with Crippen molar-refractivity contribution in [2.75, 3.05) is 0 Å². The van der Waals surface area contributed by atoms with Crippen LogP contribution in [0.25, 0.3) is 0 Å². The van der Waals surface area contributed by atoms with E-state index in [1.165, 1.54) is 30.2 Å². The van der Waals surface area contributed by atoms with Gasteiger partial charge in [0.25, 0.3) is 10.0 Å². The van der Waals surface area contributed by atoms with Gasteiger partial charge in [0.2, 0.25) is 0 Å². The summed E-state index contributed by atoms with van der Waals surface area (Å²) in [6.07, 6.45) is 7.26. The van der Waals surface area contributed by atoms with E-state index in [0.717, 1.165) is 25.0 Å². The lowest BCUT2D eigenvalue weighted by Crippen LogP contribution is -2.24. The molecule has 8 heteroatoms. The maximum atomic E-state index is 12.2. The van der Waals surface area contributed by atoms with Crippen molar-refractivity contribution >= 4 is 10.0 Å². The number of imidazole rings is 1. The monoisotopic (exact) mass is 309 g/mol. The highest BCUT2D eigenvalue weighted by atomic mass is 32.2. The molecule has 1 aliphatic rings. The van der Waals surface area contributed by atoms with Gasteiger partial charge in [-0.15, -0.1) is 0 Å². The third kappa shape index (κ3) is 2.73. The molecule has 1 aliphatic carbocycles. The van der Waals surface area contributed by atoms with E-state index < -0.39 is 10.0 Å². The molecule has 114 valence electrons. The van der Waals surface area contributed by atoms with Crippen molar-refractivity contribution < 1.29 is 8.42 Å². The van der Waals surface area contributed by atoms with E-state index in [2.05, 4.69) is 14.8 Å². The van der Waals surface area contributed by atoms with Gasteiger partial charge in [-0.1, -0.05) is 0 Å². The zero-order valence-electron chi connectivity index (χ0n) is 12.2. The Morgan fingerprint density at radius 1 is 1.29 bits per heavy atom. The first-order valence-electron chi connectivity index (χ1n) is 6.98. The highest BCUT2D eigenvalue weighted by Crippen LogP contribution is 2.24. The summed E-state index contributed by atoms with van der Waals surface area (Å²) in [7, 11) is 0.0687. The molecule has 3 rings (SSSR count). The first-order valence-corrected chi connectivity index (χ1v) is 8.47. The first-order chi connectivity index (χ1) is 9.97. The predicted molar refractivity (Wildman–Crippen MR) is 77.1 cm³/mol. The summed E-state index contributed by atoms with van der Waals surface area (Å²) < 4.78 is 30.4. The number of fused-ring (bicyclic) bond motifs is 1. The van der Waals surface area contributed by atoms with E-state index >= 15 is 0 Å². The number of hydrogen-bond acceptors (Lipinski definition) is 4. The van der Waals surface area contributed by atoms with Gasteiger partial charge in [-0.25, -0.2) is 18.1 Å². The van der Waals surface area contributed by atoms with Crippen molar-refractivity contribution in [2.24, 2.45) is 14.1 Å². The van der Waals surface area contributed by atoms with Crippen LogP contribution in [-0.2, 0) is 43.5 Å². The number of rotatable bonds is 4. The van der Waals surface area contributed by atoms with Crippen molar-refractivity contribution in [3.63, 3.8) is 0 Å². The molecule has 0 fully saturated rings. The van der Waals surface area contributed by atoms with Gasteiger partial charge in [-0.2, -0.15) is 5.10 Å². The minimum Gasteiger partial charge on any atom is -0.339 e. The highest BCUT2D eigenvalue weighted by molar-refractivity contribution is 7.89. The Morgan fingerprint density at radius 3 is 2.76 bits per heavy atom. The molecule has 2 aromatic heterocycles. The average molecular weight is 309 g/mol. The van der Waals surface area contributed by atoms with Gasteiger partial charge in [-0.3, -0.25) is 4.68 Å². The van der Waals surface area contributed by atoms with E-state index in [0.29, 0.717) is 0 Å². The molecule has 0 radical (unpaired) electrons. The Kier molecular flexibility index (Phi) is 3.58. The Balaban J connectivity index is 1.79. The number of sulfonamides is 1. The van der Waals surface area contributed by atoms with Gasteiger partial charge in [0, 0.05) is 26.0 Å². The molecule has 0 aliphatic heterocycles. The summed E-state index contributed by atoms with van der Waals surface area (Å²) >= 11 is 0. The van der Waals surface area contributed by atoms with Crippen molar-refractivity contribution in [3.8, 4) is 0 Å². The standard InChI is InChI=1S/C13H19N5O2S/c1-17-8-13(14-9-17)21(19,20)15-7-11-10-5-3-4-6-12(10)18(2)16-11/h8-9,15H,3-7H2,1-2H3. The molecule has 0 bridgehead atoms. The van der Waals surface area contributed by atoms with E-state index in [-0.39, 0.29) is 11.6 Å². The highest BCUT2D eigenvalue weighted by Gasteiger charge is 2.22. The maximum Gasteiger partial charge on any atom is 0.259 e. The van der Waals surface area contributed by atoms with Crippen LogP contribution in [0.4, 0.5) is 0 Å². The van der Waals surface area contributed by atoms with Gasteiger partial charge in [-0.05, 0) is 31.2 Å². The molecule has 0 spiro atoms. The smallest absolute Gasteiger partial charge is 0.259 e. The first kappa shape index (κ1) is 14.3. The molecule has 0 aromatic carbocycles. The largest absolute Gasteiger partial charge is 0.339 e. The van der Waals surface area contributed by atoms with Crippen LogP contribution in [0.3, 0.4) is 0 Å². The van der Waals surface area contributed by atoms with Crippen LogP contribution in [0.2, 0.25) is 0 Å². The van der Waals surface area contributed by atoms with Gasteiger partial charge in [0.15, 0.2) is 5.03 Å². The summed E-state index contributed by atoms with van der Waals surface area (Å²) in [5.41, 5.74) is 3.26. The zero-order valence-corrected chi connectivity index (χ0v) is 13.0. The molecule has 7 nitrogen and oxygen atoms in total. The van der Waals surface area contributed by atoms with E-state index in [4.69, 9.17) is 0 Å². The molecular weight excluding hydrogens is 290 g/mol. The fraction of sp³-hybridized carbons (Fsp3) is 0.538. The lowest BCUT2D eigenvalue weighted by Gasteiger charge is -2.12. The third-order valence-electron chi connectivity index (χ3n) is 3.83. The Labute approximate surface area is 124 Å². The van der Waals surface area contributed by atoms with Crippen LogP contribution < -0.4 is 4.72 Å². The predicted octanol–water partition coefficient (Wildman–Crippen LogP) is 0.511. The van der Waals surface area contributed by atoms with Crippen LogP contribution in [0.5, 0.6) is 0 Å². The normalized spacial score (nSPS) is 15.1. The molecule has 2 heterocycles. The van der Waals surface area contributed by atoms with Crippen LogP contribution >= 0.6 is 0 Å². The van der Waals surface area contributed by atoms with E-state index in [1.807, 2.05) is 11.7 Å². The van der Waals surface area contributed by atoms with Crippen LogP contribution in [0.1, 0.15) is 29.8 Å². The third-order valence-corrected chi connectivity index (χ3v) is 5.12. The Morgan fingerprint density at radius 2 is 2.05 bits per heavy atom.